The highest BCUT2D eigenvalue weighted by molar-refractivity contribution is 9.08. The summed E-state index contributed by atoms with van der Waals surface area (Å²) in [6.07, 6.45) is 0. The Morgan fingerprint density at radius 3 is 3.00 bits per heavy atom. The lowest BCUT2D eigenvalue weighted by atomic mass is 10.1. The Labute approximate surface area is 94.3 Å². The van der Waals surface area contributed by atoms with Crippen molar-refractivity contribution in [1.82, 2.24) is 0 Å². The van der Waals surface area contributed by atoms with E-state index in [1.165, 1.54) is 11.3 Å². The molecular weight excluding hydrogens is 264 g/mol. The minimum Gasteiger partial charge on any atom is -0.503 e. The van der Waals surface area contributed by atoms with Crippen molar-refractivity contribution in [3.05, 3.63) is 23.1 Å². The molecule has 2 nitrogen and oxygen atoms in total. The number of phenols is 1. The SMILES string of the molecule is COc1cc(CBr)c2ccsc2c1O. The Hall–Kier alpha value is -0.740. The summed E-state index contributed by atoms with van der Waals surface area (Å²) in [7, 11) is 1.56. The van der Waals surface area contributed by atoms with Crippen molar-refractivity contribution in [3.63, 3.8) is 0 Å². The zero-order chi connectivity index (χ0) is 10.1. The van der Waals surface area contributed by atoms with Crippen LogP contribution < -0.4 is 4.74 Å². The molecule has 2 rings (SSSR count). The highest BCUT2D eigenvalue weighted by Crippen LogP contribution is 2.40. The summed E-state index contributed by atoms with van der Waals surface area (Å²) in [6.45, 7) is 0. The molecule has 0 bridgehead atoms. The van der Waals surface area contributed by atoms with E-state index in [9.17, 15) is 5.11 Å². The van der Waals surface area contributed by atoms with Gasteiger partial charge in [-0.1, -0.05) is 15.9 Å². The van der Waals surface area contributed by atoms with Gasteiger partial charge in [0.1, 0.15) is 0 Å². The van der Waals surface area contributed by atoms with Crippen LogP contribution in [-0.2, 0) is 5.33 Å². The maximum absolute atomic E-state index is 9.83. The number of hydrogen-bond acceptors (Lipinski definition) is 3. The fourth-order valence-electron chi connectivity index (χ4n) is 1.43. The Morgan fingerprint density at radius 2 is 2.36 bits per heavy atom. The molecule has 0 unspecified atom stereocenters. The molecule has 1 heterocycles. The van der Waals surface area contributed by atoms with E-state index in [1.807, 2.05) is 17.5 Å². The summed E-state index contributed by atoms with van der Waals surface area (Å²) >= 11 is 4.94. The maximum atomic E-state index is 9.83. The van der Waals surface area contributed by atoms with Gasteiger partial charge in [0.05, 0.1) is 11.8 Å². The number of alkyl halides is 1. The molecule has 0 aliphatic heterocycles. The second-order valence-corrected chi connectivity index (χ2v) is 4.36. The van der Waals surface area contributed by atoms with Crippen LogP contribution in [0.2, 0.25) is 0 Å². The van der Waals surface area contributed by atoms with Crippen molar-refractivity contribution in [2.75, 3.05) is 7.11 Å². The molecule has 0 radical (unpaired) electrons. The van der Waals surface area contributed by atoms with Gasteiger partial charge in [0.2, 0.25) is 0 Å². The van der Waals surface area contributed by atoms with E-state index < -0.39 is 0 Å². The van der Waals surface area contributed by atoms with Crippen LogP contribution in [0, 0.1) is 0 Å². The molecule has 4 heteroatoms. The molecule has 1 aromatic heterocycles. The van der Waals surface area contributed by atoms with Crippen LogP contribution in [0.5, 0.6) is 11.5 Å². The number of benzene rings is 1. The molecule has 1 N–H and O–H groups in total. The molecule has 0 atom stereocenters. The van der Waals surface area contributed by atoms with E-state index in [-0.39, 0.29) is 5.75 Å². The van der Waals surface area contributed by atoms with Crippen molar-refractivity contribution in [1.29, 1.82) is 0 Å². The third kappa shape index (κ3) is 1.38. The summed E-state index contributed by atoms with van der Waals surface area (Å²) in [5, 5.41) is 13.6. The first-order valence-corrected chi connectivity index (χ1v) is 6.10. The van der Waals surface area contributed by atoms with E-state index in [4.69, 9.17) is 4.74 Å². The van der Waals surface area contributed by atoms with Crippen LogP contribution in [-0.4, -0.2) is 12.2 Å². The zero-order valence-corrected chi connectivity index (χ0v) is 9.98. The topological polar surface area (TPSA) is 29.5 Å². The van der Waals surface area contributed by atoms with E-state index >= 15 is 0 Å². The van der Waals surface area contributed by atoms with Crippen molar-refractivity contribution < 1.29 is 9.84 Å². The average Bonchev–Trinajstić information content (AvgIpc) is 2.68. The normalized spacial score (nSPS) is 10.7. The lowest BCUT2D eigenvalue weighted by Gasteiger charge is -2.07. The number of phenolic OH excluding ortho intramolecular Hbond substituents is 1. The van der Waals surface area contributed by atoms with Crippen LogP contribution in [0.4, 0.5) is 0 Å². The maximum Gasteiger partial charge on any atom is 0.175 e. The highest BCUT2D eigenvalue weighted by atomic mass is 79.9. The Kier molecular flexibility index (Phi) is 2.65. The number of methoxy groups -OCH3 is 1. The minimum atomic E-state index is 0.238. The Morgan fingerprint density at radius 1 is 1.57 bits per heavy atom. The summed E-state index contributed by atoms with van der Waals surface area (Å²) in [4.78, 5) is 0. The van der Waals surface area contributed by atoms with Crippen molar-refractivity contribution in [2.45, 2.75) is 5.33 Å². The van der Waals surface area contributed by atoms with Crippen LogP contribution in [0.1, 0.15) is 5.56 Å². The first-order valence-electron chi connectivity index (χ1n) is 4.10. The largest absolute Gasteiger partial charge is 0.503 e. The molecule has 74 valence electrons. The monoisotopic (exact) mass is 272 g/mol. The van der Waals surface area contributed by atoms with Crippen molar-refractivity contribution in [3.8, 4) is 11.5 Å². The molecule has 0 amide bonds. The standard InChI is InChI=1S/C10H9BrO2S/c1-13-8-4-6(5-11)7-2-3-14-10(7)9(8)12/h2-4,12H,5H2,1H3. The molecule has 0 aliphatic rings. The molecule has 0 fully saturated rings. The van der Waals surface area contributed by atoms with Crippen molar-refractivity contribution in [2.24, 2.45) is 0 Å². The third-order valence-corrected chi connectivity index (χ3v) is 3.65. The van der Waals surface area contributed by atoms with Gasteiger partial charge in [0, 0.05) is 10.7 Å². The minimum absolute atomic E-state index is 0.238. The van der Waals surface area contributed by atoms with E-state index in [0.29, 0.717) is 5.75 Å². The zero-order valence-electron chi connectivity index (χ0n) is 7.58. The Bertz CT molecular complexity index is 464. The van der Waals surface area contributed by atoms with E-state index in [0.717, 1.165) is 21.0 Å². The average molecular weight is 273 g/mol. The molecule has 1 aromatic carbocycles. The highest BCUT2D eigenvalue weighted by Gasteiger charge is 2.11. The van der Waals surface area contributed by atoms with E-state index in [2.05, 4.69) is 15.9 Å². The summed E-state index contributed by atoms with van der Waals surface area (Å²) < 4.78 is 5.99. The van der Waals surface area contributed by atoms with Crippen LogP contribution in [0.15, 0.2) is 17.5 Å². The molecule has 2 aromatic rings. The van der Waals surface area contributed by atoms with Gasteiger partial charge in [-0.2, -0.15) is 0 Å². The molecule has 0 saturated carbocycles. The van der Waals surface area contributed by atoms with Crippen LogP contribution in [0.25, 0.3) is 10.1 Å². The van der Waals surface area contributed by atoms with Gasteiger partial charge in [-0.25, -0.2) is 0 Å². The number of rotatable bonds is 2. The molecule has 0 saturated heterocycles. The Balaban J connectivity index is 2.80. The predicted molar refractivity (Wildman–Crippen MR) is 62.7 cm³/mol. The van der Waals surface area contributed by atoms with Crippen LogP contribution >= 0.6 is 27.3 Å². The quantitative estimate of drug-likeness (QED) is 0.848. The predicted octanol–water partition coefficient (Wildman–Crippen LogP) is 3.51. The summed E-state index contributed by atoms with van der Waals surface area (Å²) in [6, 6.07) is 3.87. The molecule has 0 spiro atoms. The van der Waals surface area contributed by atoms with Gasteiger partial charge >= 0.3 is 0 Å². The number of fused-ring (bicyclic) bond motifs is 1. The molecule has 14 heavy (non-hydrogen) atoms. The van der Waals surface area contributed by atoms with Gasteiger partial charge in [0.15, 0.2) is 11.5 Å². The molecular formula is C10H9BrO2S. The van der Waals surface area contributed by atoms with E-state index in [1.54, 1.807) is 7.11 Å². The second kappa shape index (κ2) is 3.79. The summed E-state index contributed by atoms with van der Waals surface area (Å²) in [5.41, 5.74) is 1.14. The fourth-order valence-corrected chi connectivity index (χ4v) is 2.77. The fraction of sp³-hybridized carbons (Fsp3) is 0.200. The number of aromatic hydroxyl groups is 1. The number of halogens is 1. The smallest absolute Gasteiger partial charge is 0.175 e. The van der Waals surface area contributed by atoms with Crippen LogP contribution in [0.3, 0.4) is 0 Å². The first kappa shape index (κ1) is 9.80. The van der Waals surface area contributed by atoms with Crippen molar-refractivity contribution >= 4 is 37.4 Å². The number of ether oxygens (including phenoxy) is 1. The van der Waals surface area contributed by atoms with Gasteiger partial charge < -0.3 is 9.84 Å². The van der Waals surface area contributed by atoms with Gasteiger partial charge in [0.25, 0.3) is 0 Å². The number of thiophene rings is 1. The first-order chi connectivity index (χ1) is 6.77. The van der Waals surface area contributed by atoms with Gasteiger partial charge in [-0.3, -0.25) is 0 Å². The summed E-state index contributed by atoms with van der Waals surface area (Å²) in [5.74, 6) is 0.775. The second-order valence-electron chi connectivity index (χ2n) is 2.88. The third-order valence-electron chi connectivity index (χ3n) is 2.13. The lowest BCUT2D eigenvalue weighted by Crippen LogP contribution is -1.87. The molecule has 0 aliphatic carbocycles. The number of hydrogen-bond donors (Lipinski definition) is 1. The van der Waals surface area contributed by atoms with Gasteiger partial charge in [-0.05, 0) is 23.1 Å². The lowest BCUT2D eigenvalue weighted by molar-refractivity contribution is 0.376. The van der Waals surface area contributed by atoms with Gasteiger partial charge in [-0.15, -0.1) is 11.3 Å².